The Bertz CT molecular complexity index is 346. The van der Waals surface area contributed by atoms with E-state index in [9.17, 15) is 4.79 Å². The average molecular weight is 284 g/mol. The minimum absolute atomic E-state index is 0.500. The normalized spacial score (nSPS) is 12.4. The van der Waals surface area contributed by atoms with Crippen molar-refractivity contribution in [3.05, 3.63) is 12.3 Å². The monoisotopic (exact) mass is 284 g/mol. The number of aliphatic imine (C=N–C) groups is 1. The maximum atomic E-state index is 11.7. The summed E-state index contributed by atoms with van der Waals surface area (Å²) in [6, 6.07) is 0. The molecular weight excluding hydrogens is 256 g/mol. The van der Waals surface area contributed by atoms with Crippen LogP contribution in [-0.4, -0.2) is 36.3 Å². The molecule has 0 rings (SSSR count). The Morgan fingerprint density at radius 2 is 2.00 bits per heavy atom. The van der Waals surface area contributed by atoms with E-state index in [0.717, 1.165) is 12.8 Å². The lowest BCUT2D eigenvalue weighted by atomic mass is 10.2. The molecule has 116 valence electrons. The fourth-order valence-corrected chi connectivity index (χ4v) is 1.33. The van der Waals surface area contributed by atoms with Crippen molar-refractivity contribution in [3.63, 3.8) is 0 Å². The first-order valence-electron chi connectivity index (χ1n) is 7.01. The van der Waals surface area contributed by atoms with Gasteiger partial charge in [0.05, 0.1) is 0 Å². The van der Waals surface area contributed by atoms with Gasteiger partial charge in [0.2, 0.25) is 5.96 Å². The summed E-state index contributed by atoms with van der Waals surface area (Å²) >= 11 is 0. The minimum atomic E-state index is -0.526. The molecule has 0 heterocycles. The van der Waals surface area contributed by atoms with Crippen molar-refractivity contribution in [2.24, 2.45) is 4.99 Å². The van der Waals surface area contributed by atoms with Crippen LogP contribution in [0.3, 0.4) is 0 Å². The molecule has 0 spiro atoms. The van der Waals surface area contributed by atoms with Gasteiger partial charge in [-0.25, -0.2) is 15.2 Å². The van der Waals surface area contributed by atoms with E-state index in [2.05, 4.69) is 22.7 Å². The fourth-order valence-electron chi connectivity index (χ4n) is 1.33. The van der Waals surface area contributed by atoms with E-state index in [4.69, 9.17) is 4.74 Å². The standard InChI is InChI=1S/C14H28N4O2/c1-7-9-10-11-16-12(15-6)18(8-2)17-13(19)20-14(3,4)5/h10-11H,7-9H2,1-6H3,(H,15,16)(H,17,19)/b11-10+. The third-order valence-electron chi connectivity index (χ3n) is 2.18. The molecule has 0 aromatic carbocycles. The number of carbonyl (C=O) groups is 1. The Morgan fingerprint density at radius 3 is 2.45 bits per heavy atom. The summed E-state index contributed by atoms with van der Waals surface area (Å²) in [6.07, 6.45) is 5.27. The highest BCUT2D eigenvalue weighted by atomic mass is 16.6. The molecule has 0 aliphatic rings. The van der Waals surface area contributed by atoms with Gasteiger partial charge in [-0.05, 0) is 34.1 Å². The zero-order chi connectivity index (χ0) is 15.6. The highest BCUT2D eigenvalue weighted by Crippen LogP contribution is 2.06. The molecule has 0 fully saturated rings. The van der Waals surface area contributed by atoms with Crippen molar-refractivity contribution >= 4 is 12.1 Å². The molecule has 0 saturated carbocycles. The molecule has 0 aliphatic heterocycles. The van der Waals surface area contributed by atoms with E-state index in [1.807, 2.05) is 33.8 Å². The van der Waals surface area contributed by atoms with Crippen LogP contribution < -0.4 is 10.7 Å². The Morgan fingerprint density at radius 1 is 1.35 bits per heavy atom. The number of carbonyl (C=O) groups excluding carboxylic acids is 1. The number of rotatable bonds is 4. The second-order valence-corrected chi connectivity index (χ2v) is 5.23. The van der Waals surface area contributed by atoms with E-state index >= 15 is 0 Å². The van der Waals surface area contributed by atoms with Gasteiger partial charge >= 0.3 is 6.09 Å². The van der Waals surface area contributed by atoms with Crippen molar-refractivity contribution < 1.29 is 9.53 Å². The predicted octanol–water partition coefficient (Wildman–Crippen LogP) is 2.64. The van der Waals surface area contributed by atoms with Crippen molar-refractivity contribution in [1.29, 1.82) is 0 Å². The van der Waals surface area contributed by atoms with Crippen molar-refractivity contribution in [1.82, 2.24) is 15.8 Å². The summed E-state index contributed by atoms with van der Waals surface area (Å²) in [5, 5.41) is 4.55. The van der Waals surface area contributed by atoms with Crippen molar-refractivity contribution in [2.75, 3.05) is 13.6 Å². The molecule has 0 radical (unpaired) electrons. The van der Waals surface area contributed by atoms with E-state index in [1.165, 1.54) is 0 Å². The number of nitrogens with zero attached hydrogens (tertiary/aromatic N) is 2. The van der Waals surface area contributed by atoms with E-state index < -0.39 is 11.7 Å². The number of hydrogen-bond acceptors (Lipinski definition) is 3. The minimum Gasteiger partial charge on any atom is -0.443 e. The Labute approximate surface area is 122 Å². The van der Waals surface area contributed by atoms with E-state index in [-0.39, 0.29) is 0 Å². The van der Waals surface area contributed by atoms with Crippen LogP contribution in [0.5, 0.6) is 0 Å². The number of nitrogens with one attached hydrogen (secondary N) is 2. The van der Waals surface area contributed by atoms with Gasteiger partial charge in [-0.3, -0.25) is 5.01 Å². The summed E-state index contributed by atoms with van der Waals surface area (Å²) in [5.74, 6) is 0.561. The molecule has 0 unspecified atom stereocenters. The predicted molar refractivity (Wildman–Crippen MR) is 82.3 cm³/mol. The van der Waals surface area contributed by atoms with Gasteiger partial charge in [0.1, 0.15) is 5.60 Å². The van der Waals surface area contributed by atoms with Gasteiger partial charge in [-0.2, -0.15) is 0 Å². The smallest absolute Gasteiger partial charge is 0.426 e. The first-order chi connectivity index (χ1) is 9.34. The maximum Gasteiger partial charge on any atom is 0.426 e. The summed E-state index contributed by atoms with van der Waals surface area (Å²) in [5.41, 5.74) is 2.13. The van der Waals surface area contributed by atoms with Gasteiger partial charge in [0, 0.05) is 19.8 Å². The molecule has 6 nitrogen and oxygen atoms in total. The summed E-state index contributed by atoms with van der Waals surface area (Å²) in [4.78, 5) is 16.0. The van der Waals surface area contributed by atoms with Gasteiger partial charge in [-0.1, -0.05) is 19.4 Å². The summed E-state index contributed by atoms with van der Waals surface area (Å²) < 4.78 is 5.22. The van der Waals surface area contributed by atoms with Gasteiger partial charge in [-0.15, -0.1) is 0 Å². The number of ether oxygens (including phenoxy) is 1. The van der Waals surface area contributed by atoms with Gasteiger partial charge in [0.15, 0.2) is 0 Å². The number of unbranched alkanes of at least 4 members (excludes halogenated alkanes) is 1. The lowest BCUT2D eigenvalue weighted by Gasteiger charge is -2.26. The number of allylic oxidation sites excluding steroid dienone is 1. The number of amides is 1. The molecule has 0 saturated heterocycles. The maximum absolute atomic E-state index is 11.7. The highest BCUT2D eigenvalue weighted by Gasteiger charge is 2.18. The first-order valence-corrected chi connectivity index (χ1v) is 7.01. The SMILES string of the molecule is CCC/C=C/N=C(\NC)N(CC)NC(=O)OC(C)(C)C. The van der Waals surface area contributed by atoms with Crippen LogP contribution in [0.2, 0.25) is 0 Å². The average Bonchev–Trinajstić information content (AvgIpc) is 2.34. The molecular formula is C14H28N4O2. The number of hydrogen-bond donors (Lipinski definition) is 2. The lowest BCUT2D eigenvalue weighted by Crippen LogP contribution is -2.51. The Kier molecular flexibility index (Phi) is 8.43. The van der Waals surface area contributed by atoms with E-state index in [1.54, 1.807) is 18.3 Å². The summed E-state index contributed by atoms with van der Waals surface area (Å²) in [6.45, 7) is 10.1. The van der Waals surface area contributed by atoms with Crippen LogP contribution in [0.4, 0.5) is 4.79 Å². The molecule has 2 N–H and O–H groups in total. The molecule has 0 bridgehead atoms. The Balaban J connectivity index is 4.65. The fraction of sp³-hybridized carbons (Fsp3) is 0.714. The topological polar surface area (TPSA) is 66.0 Å². The van der Waals surface area contributed by atoms with Crippen molar-refractivity contribution in [2.45, 2.75) is 53.1 Å². The number of guanidine groups is 1. The molecule has 0 aliphatic carbocycles. The summed E-state index contributed by atoms with van der Waals surface area (Å²) in [7, 11) is 1.76. The largest absolute Gasteiger partial charge is 0.443 e. The zero-order valence-electron chi connectivity index (χ0n) is 13.5. The number of hydrazine groups is 1. The van der Waals surface area contributed by atoms with Crippen LogP contribution in [0.15, 0.2) is 17.3 Å². The van der Waals surface area contributed by atoms with Gasteiger partial charge in [0.25, 0.3) is 0 Å². The molecule has 0 atom stereocenters. The van der Waals surface area contributed by atoms with E-state index in [0.29, 0.717) is 12.5 Å². The molecule has 1 amide bonds. The van der Waals surface area contributed by atoms with Crippen LogP contribution in [-0.2, 0) is 4.74 Å². The highest BCUT2D eigenvalue weighted by molar-refractivity contribution is 5.82. The quantitative estimate of drug-likeness (QED) is 0.473. The second-order valence-electron chi connectivity index (χ2n) is 5.23. The van der Waals surface area contributed by atoms with Crippen LogP contribution in [0.1, 0.15) is 47.5 Å². The first kappa shape index (κ1) is 18.3. The molecule has 20 heavy (non-hydrogen) atoms. The van der Waals surface area contributed by atoms with Crippen LogP contribution in [0.25, 0.3) is 0 Å². The van der Waals surface area contributed by atoms with Crippen molar-refractivity contribution in [3.8, 4) is 0 Å². The second kappa shape index (κ2) is 9.23. The third-order valence-corrected chi connectivity index (χ3v) is 2.18. The van der Waals surface area contributed by atoms with Crippen LogP contribution in [0, 0.1) is 0 Å². The van der Waals surface area contributed by atoms with Crippen LogP contribution >= 0.6 is 0 Å². The lowest BCUT2D eigenvalue weighted by molar-refractivity contribution is 0.0417. The molecule has 6 heteroatoms. The molecule has 0 aromatic rings. The Hall–Kier alpha value is -1.72. The zero-order valence-corrected chi connectivity index (χ0v) is 13.5. The molecule has 0 aromatic heterocycles. The third kappa shape index (κ3) is 8.39. The van der Waals surface area contributed by atoms with Gasteiger partial charge < -0.3 is 10.1 Å².